The van der Waals surface area contributed by atoms with Crippen molar-refractivity contribution in [1.29, 1.82) is 0 Å². The van der Waals surface area contributed by atoms with Crippen molar-refractivity contribution in [3.8, 4) is 0 Å². The van der Waals surface area contributed by atoms with Gasteiger partial charge in [-0.25, -0.2) is 4.39 Å². The summed E-state index contributed by atoms with van der Waals surface area (Å²) < 4.78 is 14.1. The third-order valence-corrected chi connectivity index (χ3v) is 3.60. The molecule has 1 saturated heterocycles. The normalized spacial score (nSPS) is 15.5. The zero-order valence-corrected chi connectivity index (χ0v) is 11.1. The predicted octanol–water partition coefficient (Wildman–Crippen LogP) is 2.02. The number of carbonyl (C=O) groups is 1. The highest BCUT2D eigenvalue weighted by Gasteiger charge is 2.29. The van der Waals surface area contributed by atoms with Crippen LogP contribution in [0.2, 0.25) is 0 Å². The van der Waals surface area contributed by atoms with Crippen LogP contribution in [0.25, 0.3) is 0 Å². The monoisotopic (exact) mass is 300 g/mol. The largest absolute Gasteiger partial charge is 0.333 e. The van der Waals surface area contributed by atoms with Crippen LogP contribution in [0.1, 0.15) is 17.3 Å². The molecule has 0 atom stereocenters. The first-order valence-corrected chi connectivity index (χ1v) is 6.40. The molecule has 92 valence electrons. The van der Waals surface area contributed by atoms with E-state index < -0.39 is 5.82 Å². The van der Waals surface area contributed by atoms with Crippen LogP contribution in [0.4, 0.5) is 4.39 Å². The first-order chi connectivity index (χ1) is 8.15. The average Bonchev–Trinajstić information content (AvgIpc) is 2.26. The Labute approximate surface area is 108 Å². The van der Waals surface area contributed by atoms with Gasteiger partial charge in [0.2, 0.25) is 0 Å². The zero-order chi connectivity index (χ0) is 12.4. The van der Waals surface area contributed by atoms with Gasteiger partial charge in [-0.2, -0.15) is 0 Å². The van der Waals surface area contributed by atoms with Gasteiger partial charge in [0.1, 0.15) is 5.82 Å². The van der Waals surface area contributed by atoms with Gasteiger partial charge in [0.15, 0.2) is 0 Å². The molecular weight excluding hydrogens is 287 g/mol. The lowest BCUT2D eigenvalue weighted by Gasteiger charge is -2.37. The van der Waals surface area contributed by atoms with Gasteiger partial charge in [-0.1, -0.05) is 6.07 Å². The quantitative estimate of drug-likeness (QED) is 0.926. The van der Waals surface area contributed by atoms with E-state index in [4.69, 9.17) is 0 Å². The number of amides is 1. The van der Waals surface area contributed by atoms with Crippen LogP contribution in [0.15, 0.2) is 22.7 Å². The zero-order valence-electron chi connectivity index (χ0n) is 9.54. The number of benzene rings is 1. The highest BCUT2D eigenvalue weighted by atomic mass is 79.9. The van der Waals surface area contributed by atoms with Gasteiger partial charge >= 0.3 is 0 Å². The standard InChI is InChI=1S/C12H14BrFN2O/c1-2-16(8-6-15-7-8)12(17)9-4-3-5-10(13)11(9)14/h3-5,8,15H,2,6-7H2,1H3. The summed E-state index contributed by atoms with van der Waals surface area (Å²) in [5.41, 5.74) is 0.133. The third-order valence-electron chi connectivity index (χ3n) is 2.98. The summed E-state index contributed by atoms with van der Waals surface area (Å²) in [6.45, 7) is 4.08. The van der Waals surface area contributed by atoms with Crippen molar-refractivity contribution in [3.63, 3.8) is 0 Å². The molecule has 2 rings (SSSR count). The van der Waals surface area contributed by atoms with Gasteiger partial charge in [0.25, 0.3) is 5.91 Å². The molecule has 0 spiro atoms. The lowest BCUT2D eigenvalue weighted by Crippen LogP contribution is -2.58. The molecular formula is C12H14BrFN2O. The van der Waals surface area contributed by atoms with E-state index in [1.165, 1.54) is 6.07 Å². The van der Waals surface area contributed by atoms with Crippen molar-refractivity contribution in [2.45, 2.75) is 13.0 Å². The van der Waals surface area contributed by atoms with Crippen molar-refractivity contribution in [2.24, 2.45) is 0 Å². The topological polar surface area (TPSA) is 32.3 Å². The van der Waals surface area contributed by atoms with Crippen molar-refractivity contribution < 1.29 is 9.18 Å². The van der Waals surface area contributed by atoms with E-state index >= 15 is 0 Å². The van der Waals surface area contributed by atoms with E-state index in [0.717, 1.165) is 13.1 Å². The summed E-state index contributed by atoms with van der Waals surface area (Å²) in [4.78, 5) is 13.9. The Morgan fingerprint density at radius 1 is 1.59 bits per heavy atom. The highest BCUT2D eigenvalue weighted by Crippen LogP contribution is 2.21. The molecule has 17 heavy (non-hydrogen) atoms. The van der Waals surface area contributed by atoms with Gasteiger partial charge in [0.05, 0.1) is 16.1 Å². The van der Waals surface area contributed by atoms with Crippen LogP contribution in [0.5, 0.6) is 0 Å². The number of likely N-dealkylation sites (N-methyl/N-ethyl adjacent to an activating group) is 1. The summed E-state index contributed by atoms with van der Waals surface area (Å²) in [5, 5.41) is 3.11. The Hall–Kier alpha value is -0.940. The molecule has 0 radical (unpaired) electrons. The Kier molecular flexibility index (Phi) is 3.79. The first kappa shape index (κ1) is 12.5. The Morgan fingerprint density at radius 2 is 2.29 bits per heavy atom. The van der Waals surface area contributed by atoms with Crippen molar-refractivity contribution in [2.75, 3.05) is 19.6 Å². The molecule has 3 nitrogen and oxygen atoms in total. The summed E-state index contributed by atoms with van der Waals surface area (Å²) >= 11 is 3.10. The molecule has 0 aromatic heterocycles. The summed E-state index contributed by atoms with van der Waals surface area (Å²) in [7, 11) is 0. The molecule has 0 unspecified atom stereocenters. The first-order valence-electron chi connectivity index (χ1n) is 5.60. The number of nitrogens with one attached hydrogen (secondary N) is 1. The Morgan fingerprint density at radius 3 is 2.82 bits per heavy atom. The molecule has 0 aliphatic carbocycles. The van der Waals surface area contributed by atoms with Gasteiger partial charge in [0, 0.05) is 19.6 Å². The fraction of sp³-hybridized carbons (Fsp3) is 0.417. The maximum absolute atomic E-state index is 13.8. The predicted molar refractivity (Wildman–Crippen MR) is 67.5 cm³/mol. The van der Waals surface area contributed by atoms with Gasteiger partial charge in [-0.05, 0) is 35.0 Å². The van der Waals surface area contributed by atoms with Crippen LogP contribution in [0.3, 0.4) is 0 Å². The van der Waals surface area contributed by atoms with Crippen LogP contribution < -0.4 is 5.32 Å². The fourth-order valence-electron chi connectivity index (χ4n) is 1.89. The van der Waals surface area contributed by atoms with E-state index in [-0.39, 0.29) is 17.5 Å². The second-order valence-corrected chi connectivity index (χ2v) is 4.86. The van der Waals surface area contributed by atoms with Gasteiger partial charge < -0.3 is 10.2 Å². The summed E-state index contributed by atoms with van der Waals surface area (Å²) in [5.74, 6) is -0.721. The molecule has 1 amide bonds. The van der Waals surface area contributed by atoms with Gasteiger partial charge in [-0.15, -0.1) is 0 Å². The van der Waals surface area contributed by atoms with E-state index in [9.17, 15) is 9.18 Å². The second-order valence-electron chi connectivity index (χ2n) is 4.00. The molecule has 1 aromatic rings. The van der Waals surface area contributed by atoms with Crippen LogP contribution in [-0.2, 0) is 0 Å². The van der Waals surface area contributed by atoms with Crippen LogP contribution in [0, 0.1) is 5.82 Å². The van der Waals surface area contributed by atoms with E-state index in [1.807, 2.05) is 6.92 Å². The molecule has 5 heteroatoms. The van der Waals surface area contributed by atoms with Crippen molar-refractivity contribution in [1.82, 2.24) is 10.2 Å². The Balaban J connectivity index is 2.25. The smallest absolute Gasteiger partial charge is 0.257 e. The maximum Gasteiger partial charge on any atom is 0.257 e. The highest BCUT2D eigenvalue weighted by molar-refractivity contribution is 9.10. The van der Waals surface area contributed by atoms with Crippen molar-refractivity contribution in [3.05, 3.63) is 34.1 Å². The maximum atomic E-state index is 13.8. The van der Waals surface area contributed by atoms with E-state index in [2.05, 4.69) is 21.2 Å². The minimum atomic E-state index is -0.483. The minimum absolute atomic E-state index is 0.133. The number of rotatable bonds is 3. The van der Waals surface area contributed by atoms with Crippen LogP contribution in [-0.4, -0.2) is 36.5 Å². The molecule has 0 saturated carbocycles. The fourth-order valence-corrected chi connectivity index (χ4v) is 2.25. The molecule has 1 fully saturated rings. The van der Waals surface area contributed by atoms with E-state index in [0.29, 0.717) is 11.0 Å². The molecule has 1 heterocycles. The number of nitrogens with zero attached hydrogens (tertiary/aromatic N) is 1. The third kappa shape index (κ3) is 2.35. The number of halogens is 2. The lowest BCUT2D eigenvalue weighted by molar-refractivity contribution is 0.0625. The minimum Gasteiger partial charge on any atom is -0.333 e. The summed E-state index contributed by atoms with van der Waals surface area (Å²) in [6, 6.07) is 4.98. The summed E-state index contributed by atoms with van der Waals surface area (Å²) in [6.07, 6.45) is 0. The molecule has 0 bridgehead atoms. The number of carbonyl (C=O) groups excluding carboxylic acids is 1. The van der Waals surface area contributed by atoms with Gasteiger partial charge in [-0.3, -0.25) is 4.79 Å². The lowest BCUT2D eigenvalue weighted by atomic mass is 10.1. The van der Waals surface area contributed by atoms with Crippen molar-refractivity contribution >= 4 is 21.8 Å². The number of hydrogen-bond donors (Lipinski definition) is 1. The SMILES string of the molecule is CCN(C(=O)c1cccc(Br)c1F)C1CNC1. The molecule has 1 N–H and O–H groups in total. The molecule has 1 aliphatic rings. The second kappa shape index (κ2) is 5.14. The Bertz CT molecular complexity index is 435. The van der Waals surface area contributed by atoms with Crippen LogP contribution >= 0.6 is 15.9 Å². The molecule has 1 aliphatic heterocycles. The molecule has 1 aromatic carbocycles. The van der Waals surface area contributed by atoms with E-state index in [1.54, 1.807) is 17.0 Å². The number of hydrogen-bond acceptors (Lipinski definition) is 2. The average molecular weight is 301 g/mol.